The monoisotopic (exact) mass is 331 g/mol. The number of rotatable bonds is 3. The molecule has 2 unspecified atom stereocenters. The molecule has 2 heterocycles. The predicted molar refractivity (Wildman–Crippen MR) is 82.2 cm³/mol. The number of carbonyl (C=O) groups excluding carboxylic acids is 1. The van der Waals surface area contributed by atoms with Gasteiger partial charge in [-0.05, 0) is 24.6 Å². The number of amides is 1. The fourth-order valence-corrected chi connectivity index (χ4v) is 2.59. The third-order valence-corrected chi connectivity index (χ3v) is 4.01. The van der Waals surface area contributed by atoms with Gasteiger partial charge in [-0.25, -0.2) is 18.2 Å². The molecule has 0 saturated heterocycles. The average molecular weight is 331 g/mol. The van der Waals surface area contributed by atoms with Crippen LogP contribution in [0.15, 0.2) is 42.7 Å². The van der Waals surface area contributed by atoms with E-state index in [-0.39, 0.29) is 17.8 Å². The van der Waals surface area contributed by atoms with Gasteiger partial charge in [-0.1, -0.05) is 12.1 Å². The Morgan fingerprint density at radius 3 is 2.75 bits per heavy atom. The van der Waals surface area contributed by atoms with Crippen molar-refractivity contribution in [3.05, 3.63) is 54.4 Å². The highest BCUT2D eigenvalue weighted by Gasteiger charge is 2.43. The van der Waals surface area contributed by atoms with Gasteiger partial charge < -0.3 is 9.72 Å². The molecular weight excluding hydrogens is 319 g/mol. The van der Waals surface area contributed by atoms with E-state index in [0.717, 1.165) is 6.07 Å². The Labute approximate surface area is 134 Å². The highest BCUT2D eigenvalue weighted by molar-refractivity contribution is 5.94. The Balaban J connectivity index is 1.66. The van der Waals surface area contributed by atoms with Crippen LogP contribution in [0.4, 0.5) is 19.0 Å². The van der Waals surface area contributed by atoms with Crippen LogP contribution in [0.25, 0.3) is 16.8 Å². The van der Waals surface area contributed by atoms with Crippen molar-refractivity contribution < 1.29 is 18.0 Å². The van der Waals surface area contributed by atoms with Gasteiger partial charge in [-0.3, -0.25) is 4.79 Å². The first-order valence-corrected chi connectivity index (χ1v) is 7.41. The molecule has 1 N–H and O–H groups in total. The minimum absolute atomic E-state index is 0.134. The lowest BCUT2D eigenvalue weighted by Gasteiger charge is -2.04. The molecule has 7 heteroatoms. The quantitative estimate of drug-likeness (QED) is 0.797. The number of imidazole rings is 1. The number of hydrogen-bond donors (Lipinski definition) is 1. The second kappa shape index (κ2) is 5.36. The zero-order valence-corrected chi connectivity index (χ0v) is 12.3. The molecule has 1 aromatic carbocycles. The Bertz CT molecular complexity index is 953. The van der Waals surface area contributed by atoms with E-state index in [1.54, 1.807) is 28.9 Å². The molecule has 1 amide bonds. The molecule has 3 aromatic rings. The lowest BCUT2D eigenvalue weighted by Crippen LogP contribution is -2.15. The Hall–Kier alpha value is -2.83. The lowest BCUT2D eigenvalue weighted by atomic mass is 10.1. The van der Waals surface area contributed by atoms with Crippen LogP contribution in [0.2, 0.25) is 0 Å². The number of alkyl halides is 1. The minimum Gasteiger partial charge on any atom is -0.309 e. The molecule has 122 valence electrons. The van der Waals surface area contributed by atoms with E-state index in [1.807, 2.05) is 0 Å². The van der Waals surface area contributed by atoms with Gasteiger partial charge in [0.15, 0.2) is 17.5 Å². The second-order valence-corrected chi connectivity index (χ2v) is 5.76. The van der Waals surface area contributed by atoms with E-state index >= 15 is 0 Å². The molecule has 4 rings (SSSR count). The van der Waals surface area contributed by atoms with Crippen molar-refractivity contribution in [1.29, 1.82) is 0 Å². The van der Waals surface area contributed by atoms with Crippen LogP contribution in [-0.2, 0) is 4.79 Å². The first kappa shape index (κ1) is 14.7. The molecule has 1 saturated carbocycles. The zero-order valence-electron chi connectivity index (χ0n) is 12.3. The molecule has 0 aliphatic heterocycles. The van der Waals surface area contributed by atoms with Gasteiger partial charge in [0.2, 0.25) is 5.91 Å². The van der Waals surface area contributed by atoms with Gasteiger partial charge in [0.25, 0.3) is 0 Å². The third-order valence-electron chi connectivity index (χ3n) is 4.01. The van der Waals surface area contributed by atoms with E-state index in [9.17, 15) is 18.0 Å². The number of carbonyl (C=O) groups is 1. The minimum atomic E-state index is -1.08. The van der Waals surface area contributed by atoms with Crippen LogP contribution >= 0.6 is 0 Å². The van der Waals surface area contributed by atoms with Crippen LogP contribution in [-0.4, -0.2) is 21.5 Å². The van der Waals surface area contributed by atoms with Crippen molar-refractivity contribution in [1.82, 2.24) is 9.38 Å². The Morgan fingerprint density at radius 2 is 2.00 bits per heavy atom. The molecule has 2 aromatic heterocycles. The van der Waals surface area contributed by atoms with Gasteiger partial charge in [0.1, 0.15) is 11.8 Å². The summed E-state index contributed by atoms with van der Waals surface area (Å²) in [6.07, 6.45) is 2.29. The summed E-state index contributed by atoms with van der Waals surface area (Å²) in [7, 11) is 0. The summed E-state index contributed by atoms with van der Waals surface area (Å²) in [6, 6.07) is 7.21. The van der Waals surface area contributed by atoms with Crippen LogP contribution in [0.5, 0.6) is 0 Å². The van der Waals surface area contributed by atoms with Crippen molar-refractivity contribution in [2.45, 2.75) is 12.6 Å². The van der Waals surface area contributed by atoms with E-state index < -0.39 is 29.6 Å². The molecule has 2 atom stereocenters. The first-order chi connectivity index (χ1) is 11.5. The van der Waals surface area contributed by atoms with E-state index in [1.165, 1.54) is 12.1 Å². The SMILES string of the molecule is O=C(Nc1cn2cc(-c3cccc(F)c3F)ccc2n1)C1CC1F. The van der Waals surface area contributed by atoms with Crippen molar-refractivity contribution in [3.63, 3.8) is 0 Å². The number of nitrogens with zero attached hydrogens (tertiary/aromatic N) is 2. The number of benzene rings is 1. The van der Waals surface area contributed by atoms with Crippen LogP contribution in [0.3, 0.4) is 0 Å². The number of pyridine rings is 1. The summed E-state index contributed by atoms with van der Waals surface area (Å²) in [5.74, 6) is -2.56. The van der Waals surface area contributed by atoms with E-state index in [0.29, 0.717) is 11.2 Å². The molecule has 24 heavy (non-hydrogen) atoms. The largest absolute Gasteiger partial charge is 0.309 e. The van der Waals surface area contributed by atoms with E-state index in [2.05, 4.69) is 10.3 Å². The van der Waals surface area contributed by atoms with Gasteiger partial charge in [0, 0.05) is 17.3 Å². The fourth-order valence-electron chi connectivity index (χ4n) is 2.59. The molecule has 0 spiro atoms. The molecular formula is C17H12F3N3O. The van der Waals surface area contributed by atoms with Crippen molar-refractivity contribution in [2.24, 2.45) is 5.92 Å². The maximum atomic E-state index is 13.9. The highest BCUT2D eigenvalue weighted by Crippen LogP contribution is 2.34. The highest BCUT2D eigenvalue weighted by atomic mass is 19.2. The molecule has 4 nitrogen and oxygen atoms in total. The Morgan fingerprint density at radius 1 is 1.21 bits per heavy atom. The number of halogens is 3. The summed E-state index contributed by atoms with van der Waals surface area (Å²) in [5, 5.41) is 2.56. The van der Waals surface area contributed by atoms with Gasteiger partial charge in [-0.15, -0.1) is 0 Å². The number of hydrogen-bond acceptors (Lipinski definition) is 2. The number of nitrogens with one attached hydrogen (secondary N) is 1. The van der Waals surface area contributed by atoms with Crippen molar-refractivity contribution >= 4 is 17.4 Å². The standard InChI is InChI=1S/C17H12F3N3O/c18-12-3-1-2-10(16(12)20)9-4-5-15-21-14(8-23(15)7-9)22-17(24)11-6-13(11)19/h1-5,7-8,11,13H,6H2,(H,22,24). The van der Waals surface area contributed by atoms with Crippen LogP contribution < -0.4 is 5.32 Å². The van der Waals surface area contributed by atoms with Gasteiger partial charge in [0.05, 0.1) is 12.1 Å². The maximum Gasteiger partial charge on any atom is 0.231 e. The maximum absolute atomic E-state index is 13.9. The zero-order chi connectivity index (χ0) is 16.8. The van der Waals surface area contributed by atoms with E-state index in [4.69, 9.17) is 0 Å². The van der Waals surface area contributed by atoms with Gasteiger partial charge >= 0.3 is 0 Å². The molecule has 0 bridgehead atoms. The number of aromatic nitrogens is 2. The van der Waals surface area contributed by atoms with Crippen LogP contribution in [0, 0.1) is 17.6 Å². The second-order valence-electron chi connectivity index (χ2n) is 5.76. The predicted octanol–water partition coefficient (Wildman–Crippen LogP) is 3.58. The molecule has 1 aliphatic carbocycles. The summed E-state index contributed by atoms with van der Waals surface area (Å²) in [5.41, 5.74) is 1.13. The van der Waals surface area contributed by atoms with Crippen LogP contribution in [0.1, 0.15) is 6.42 Å². The first-order valence-electron chi connectivity index (χ1n) is 7.41. The molecule has 0 radical (unpaired) electrons. The van der Waals surface area contributed by atoms with Gasteiger partial charge in [-0.2, -0.15) is 0 Å². The Kier molecular flexibility index (Phi) is 3.30. The summed E-state index contributed by atoms with van der Waals surface area (Å²) < 4.78 is 41.8. The smallest absolute Gasteiger partial charge is 0.231 e. The average Bonchev–Trinajstić information content (AvgIpc) is 3.15. The molecule has 1 aliphatic rings. The lowest BCUT2D eigenvalue weighted by molar-refractivity contribution is -0.117. The number of anilines is 1. The summed E-state index contributed by atoms with van der Waals surface area (Å²) >= 11 is 0. The summed E-state index contributed by atoms with van der Waals surface area (Å²) in [4.78, 5) is 15.9. The molecule has 1 fully saturated rings. The van der Waals surface area contributed by atoms with Crippen molar-refractivity contribution in [3.8, 4) is 11.1 Å². The summed E-state index contributed by atoms with van der Waals surface area (Å²) in [6.45, 7) is 0. The van der Waals surface area contributed by atoms with Crippen molar-refractivity contribution in [2.75, 3.05) is 5.32 Å². The topological polar surface area (TPSA) is 46.4 Å². The number of fused-ring (bicyclic) bond motifs is 1. The fraction of sp³-hybridized carbons (Fsp3) is 0.176. The third kappa shape index (κ3) is 2.51. The normalized spacial score (nSPS) is 19.5.